The van der Waals surface area contributed by atoms with E-state index >= 15 is 0 Å². The van der Waals surface area contributed by atoms with E-state index in [1.54, 1.807) is 4.57 Å². The largest absolute Gasteiger partial charge is 0.304 e. The van der Waals surface area contributed by atoms with E-state index in [0.29, 0.717) is 0 Å². The highest BCUT2D eigenvalue weighted by atomic mass is 32.2. The molecule has 0 atom stereocenters. The minimum atomic E-state index is -3.95. The molecule has 3 rings (SSSR count). The number of rotatable bonds is 3. The molecule has 0 bridgehead atoms. The number of thiazole rings is 1. The van der Waals surface area contributed by atoms with Gasteiger partial charge in [0.1, 0.15) is 5.82 Å². The summed E-state index contributed by atoms with van der Waals surface area (Å²) >= 11 is 1.25. The predicted octanol–water partition coefficient (Wildman–Crippen LogP) is 3.07. The summed E-state index contributed by atoms with van der Waals surface area (Å²) in [5.41, 5.74) is 1.89. The van der Waals surface area contributed by atoms with Gasteiger partial charge in [-0.3, -0.25) is 0 Å². The molecule has 4 nitrogen and oxygen atoms in total. The molecule has 0 radical (unpaired) electrons. The highest BCUT2D eigenvalue weighted by Crippen LogP contribution is 2.20. The first-order chi connectivity index (χ1) is 11.4. The van der Waals surface area contributed by atoms with Crippen LogP contribution in [0.1, 0.15) is 5.56 Å². The number of aromatic nitrogens is 1. The van der Waals surface area contributed by atoms with Gasteiger partial charge >= 0.3 is 0 Å². The van der Waals surface area contributed by atoms with Gasteiger partial charge < -0.3 is 4.57 Å². The summed E-state index contributed by atoms with van der Waals surface area (Å²) in [7, 11) is -3.95. The Morgan fingerprint density at radius 2 is 1.96 bits per heavy atom. The number of aryl methyl sites for hydroxylation is 1. The van der Waals surface area contributed by atoms with Gasteiger partial charge in [-0.1, -0.05) is 23.3 Å². The van der Waals surface area contributed by atoms with E-state index < -0.39 is 15.8 Å². The summed E-state index contributed by atoms with van der Waals surface area (Å²) in [5, 5.41) is 0. The highest BCUT2D eigenvalue weighted by molar-refractivity contribution is 7.90. The van der Waals surface area contributed by atoms with Gasteiger partial charge in [-0.2, -0.15) is 8.42 Å². The lowest BCUT2D eigenvalue weighted by atomic mass is 10.2. The summed E-state index contributed by atoms with van der Waals surface area (Å²) in [6.45, 7) is 2.16. The Kier molecular flexibility index (Phi) is 4.26. The molecular formula is C17H13FN2O2S2. The summed E-state index contributed by atoms with van der Waals surface area (Å²) in [6, 6.07) is 10.3. The SMILES string of the molecule is C#CCn1/c(=N/S(=O)(=O)c2ccc(F)cc2)sc2cc(C)ccc21. The molecule has 1 aromatic heterocycles. The number of nitrogens with zero attached hydrogens (tertiary/aromatic N) is 2. The molecule has 0 saturated carbocycles. The second-order valence-electron chi connectivity index (χ2n) is 5.17. The molecule has 2 aromatic carbocycles. The standard InChI is InChI=1S/C17H13FN2O2S2/c1-3-10-20-15-9-4-12(2)11-16(15)23-17(20)19-24(21,22)14-7-5-13(18)6-8-14/h1,4-9,11H,10H2,2H3/b19-17-. The first-order valence-corrected chi connectivity index (χ1v) is 9.26. The first-order valence-electron chi connectivity index (χ1n) is 7.01. The monoisotopic (exact) mass is 360 g/mol. The van der Waals surface area contributed by atoms with E-state index in [1.807, 2.05) is 25.1 Å². The molecule has 0 saturated heterocycles. The Balaban J connectivity index is 2.24. The second-order valence-corrected chi connectivity index (χ2v) is 7.78. The van der Waals surface area contributed by atoms with E-state index in [4.69, 9.17) is 6.42 Å². The van der Waals surface area contributed by atoms with Crippen LogP contribution in [0.4, 0.5) is 4.39 Å². The molecule has 0 unspecified atom stereocenters. The number of sulfonamides is 1. The van der Waals surface area contributed by atoms with Crippen LogP contribution in [-0.4, -0.2) is 13.0 Å². The summed E-state index contributed by atoms with van der Waals surface area (Å²) in [6.07, 6.45) is 5.40. The maximum atomic E-state index is 13.0. The van der Waals surface area contributed by atoms with Crippen LogP contribution in [0, 0.1) is 25.1 Å². The van der Waals surface area contributed by atoms with Crippen molar-refractivity contribution in [3.63, 3.8) is 0 Å². The number of hydrogen-bond donors (Lipinski definition) is 0. The summed E-state index contributed by atoms with van der Waals surface area (Å²) < 4.78 is 44.4. The Hall–Kier alpha value is -2.43. The van der Waals surface area contributed by atoms with E-state index in [-0.39, 0.29) is 16.2 Å². The summed E-state index contributed by atoms with van der Waals surface area (Å²) in [4.78, 5) is 0.225. The molecule has 0 aliphatic carbocycles. The Morgan fingerprint density at radius 1 is 1.25 bits per heavy atom. The molecule has 7 heteroatoms. The van der Waals surface area contributed by atoms with Crippen molar-refractivity contribution in [3.8, 4) is 12.3 Å². The van der Waals surface area contributed by atoms with Gasteiger partial charge in [0.05, 0.1) is 21.7 Å². The topological polar surface area (TPSA) is 51.4 Å². The molecule has 3 aromatic rings. The first kappa shape index (κ1) is 16.4. The molecule has 1 heterocycles. The van der Waals surface area contributed by atoms with E-state index in [2.05, 4.69) is 10.3 Å². The molecule has 0 N–H and O–H groups in total. The Labute approximate surface area is 143 Å². The zero-order chi connectivity index (χ0) is 17.3. The quantitative estimate of drug-likeness (QED) is 0.674. The molecule has 0 fully saturated rings. The zero-order valence-electron chi connectivity index (χ0n) is 12.7. The van der Waals surface area contributed by atoms with Crippen LogP contribution in [-0.2, 0) is 16.6 Å². The van der Waals surface area contributed by atoms with Gasteiger partial charge in [0.2, 0.25) is 4.80 Å². The fraction of sp³-hybridized carbons (Fsp3) is 0.118. The van der Waals surface area contributed by atoms with Crippen molar-refractivity contribution in [2.45, 2.75) is 18.4 Å². The number of hydrogen-bond acceptors (Lipinski definition) is 3. The zero-order valence-corrected chi connectivity index (χ0v) is 14.4. The summed E-state index contributed by atoms with van der Waals surface area (Å²) in [5.74, 6) is 2.01. The normalized spacial score (nSPS) is 12.5. The van der Waals surface area contributed by atoms with Crippen LogP contribution in [0.3, 0.4) is 0 Å². The average Bonchev–Trinajstić information content (AvgIpc) is 2.84. The highest BCUT2D eigenvalue weighted by Gasteiger charge is 2.14. The maximum absolute atomic E-state index is 13.0. The van der Waals surface area contributed by atoms with Crippen LogP contribution in [0.5, 0.6) is 0 Å². The molecule has 24 heavy (non-hydrogen) atoms. The van der Waals surface area contributed by atoms with Gasteiger partial charge in [0.15, 0.2) is 0 Å². The average molecular weight is 360 g/mol. The van der Waals surface area contributed by atoms with Crippen LogP contribution in [0.15, 0.2) is 51.8 Å². The van der Waals surface area contributed by atoms with Crippen molar-refractivity contribution >= 4 is 31.6 Å². The second kappa shape index (κ2) is 6.23. The van der Waals surface area contributed by atoms with E-state index in [0.717, 1.165) is 27.9 Å². The fourth-order valence-corrected chi connectivity index (χ4v) is 4.59. The lowest BCUT2D eigenvalue weighted by Gasteiger charge is -2.01. The van der Waals surface area contributed by atoms with Crippen LogP contribution in [0.2, 0.25) is 0 Å². The van der Waals surface area contributed by atoms with Gasteiger partial charge in [0, 0.05) is 0 Å². The Bertz CT molecular complexity index is 1120. The van der Waals surface area contributed by atoms with Gasteiger partial charge in [-0.25, -0.2) is 4.39 Å². The fourth-order valence-electron chi connectivity index (χ4n) is 2.26. The molecule has 122 valence electrons. The van der Waals surface area contributed by atoms with Crippen LogP contribution < -0.4 is 4.80 Å². The number of halogens is 1. The number of fused-ring (bicyclic) bond motifs is 1. The minimum absolute atomic E-state index is 0.0650. The molecule has 0 aliphatic heterocycles. The van der Waals surface area contributed by atoms with Crippen molar-refractivity contribution in [3.05, 3.63) is 58.6 Å². The van der Waals surface area contributed by atoms with Crippen molar-refractivity contribution < 1.29 is 12.8 Å². The van der Waals surface area contributed by atoms with Crippen LogP contribution >= 0.6 is 11.3 Å². The van der Waals surface area contributed by atoms with Crippen molar-refractivity contribution in [1.29, 1.82) is 0 Å². The van der Waals surface area contributed by atoms with Gasteiger partial charge in [0.25, 0.3) is 10.0 Å². The lowest BCUT2D eigenvalue weighted by Crippen LogP contribution is -2.16. The third kappa shape index (κ3) is 3.11. The third-order valence-corrected chi connectivity index (χ3v) is 5.84. The van der Waals surface area contributed by atoms with E-state index in [1.165, 1.54) is 23.5 Å². The minimum Gasteiger partial charge on any atom is -0.304 e. The predicted molar refractivity (Wildman–Crippen MR) is 92.5 cm³/mol. The maximum Gasteiger partial charge on any atom is 0.285 e. The van der Waals surface area contributed by atoms with Gasteiger partial charge in [-0.05, 0) is 48.9 Å². The third-order valence-electron chi connectivity index (χ3n) is 3.40. The van der Waals surface area contributed by atoms with Crippen molar-refractivity contribution in [1.82, 2.24) is 4.57 Å². The number of terminal acetylenes is 1. The van der Waals surface area contributed by atoms with Crippen LogP contribution in [0.25, 0.3) is 10.2 Å². The lowest BCUT2D eigenvalue weighted by molar-refractivity contribution is 0.594. The molecule has 0 amide bonds. The van der Waals surface area contributed by atoms with E-state index in [9.17, 15) is 12.8 Å². The molecule has 0 aliphatic rings. The Morgan fingerprint density at radius 3 is 2.62 bits per heavy atom. The molecular weight excluding hydrogens is 347 g/mol. The smallest absolute Gasteiger partial charge is 0.285 e. The number of benzene rings is 2. The van der Waals surface area contributed by atoms with Crippen molar-refractivity contribution in [2.75, 3.05) is 0 Å². The molecule has 0 spiro atoms. The van der Waals surface area contributed by atoms with Gasteiger partial charge in [-0.15, -0.1) is 10.8 Å². The van der Waals surface area contributed by atoms with Crippen molar-refractivity contribution in [2.24, 2.45) is 4.40 Å².